The number of likely N-dealkylation sites (tertiary alicyclic amines) is 1. The van der Waals surface area contributed by atoms with Crippen LogP contribution in [-0.2, 0) is 11.2 Å². The van der Waals surface area contributed by atoms with Gasteiger partial charge in [0.2, 0.25) is 0 Å². The van der Waals surface area contributed by atoms with Crippen LogP contribution in [0.15, 0.2) is 22.9 Å². The standard InChI is InChI=1S/C19H25BrFN3O2/c1-5-12-10-24(17-14(12)8-13(20)9-22-17)16-6-7-23(11-15(16)21)18(25)26-19(2,3)4/h8-10,15-16H,5-7,11H2,1-4H3/t15-,16-/m0/s1. The maximum Gasteiger partial charge on any atom is 0.410 e. The van der Waals surface area contributed by atoms with Gasteiger partial charge in [-0.2, -0.15) is 0 Å². The predicted octanol–water partition coefficient (Wildman–Crippen LogP) is 4.88. The second kappa shape index (κ2) is 7.18. The Hall–Kier alpha value is -1.63. The van der Waals surface area contributed by atoms with Gasteiger partial charge in [-0.3, -0.25) is 0 Å². The minimum absolute atomic E-state index is 0.0389. The smallest absolute Gasteiger partial charge is 0.410 e. The average Bonchev–Trinajstić information content (AvgIpc) is 2.90. The van der Waals surface area contributed by atoms with E-state index in [1.165, 1.54) is 4.90 Å². The molecule has 2 aromatic rings. The van der Waals surface area contributed by atoms with Crippen LogP contribution in [0.25, 0.3) is 11.0 Å². The summed E-state index contributed by atoms with van der Waals surface area (Å²) in [6, 6.07) is 1.70. The van der Waals surface area contributed by atoms with Crippen molar-refractivity contribution in [3.63, 3.8) is 0 Å². The first kappa shape index (κ1) is 19.1. The molecule has 3 heterocycles. The first-order valence-corrected chi connectivity index (χ1v) is 9.76. The van der Waals surface area contributed by atoms with Crippen molar-refractivity contribution in [2.75, 3.05) is 13.1 Å². The Bertz CT molecular complexity index is 815. The quantitative estimate of drug-likeness (QED) is 0.688. The molecule has 5 nitrogen and oxygen atoms in total. The zero-order valence-corrected chi connectivity index (χ0v) is 17.2. The maximum absolute atomic E-state index is 15.0. The fourth-order valence-corrected chi connectivity index (χ4v) is 3.74. The number of aromatic nitrogens is 2. The van der Waals surface area contributed by atoms with Crippen LogP contribution in [0.1, 0.15) is 45.7 Å². The summed E-state index contributed by atoms with van der Waals surface area (Å²) in [5.74, 6) is 0. The molecule has 2 aromatic heterocycles. The number of rotatable bonds is 2. The minimum Gasteiger partial charge on any atom is -0.444 e. The molecule has 0 aromatic carbocycles. The van der Waals surface area contributed by atoms with Gasteiger partial charge in [0.15, 0.2) is 0 Å². The molecule has 142 valence electrons. The lowest BCUT2D eigenvalue weighted by Crippen LogP contribution is -2.47. The third-order valence-electron chi connectivity index (χ3n) is 4.62. The number of nitrogens with zero attached hydrogens (tertiary/aromatic N) is 3. The van der Waals surface area contributed by atoms with Crippen molar-refractivity contribution in [2.24, 2.45) is 0 Å². The molecule has 7 heteroatoms. The van der Waals surface area contributed by atoms with Crippen molar-refractivity contribution in [3.8, 4) is 0 Å². The summed E-state index contributed by atoms with van der Waals surface area (Å²) in [6.45, 7) is 8.03. The number of carbonyl (C=O) groups is 1. The van der Waals surface area contributed by atoms with Crippen molar-refractivity contribution in [1.29, 1.82) is 0 Å². The van der Waals surface area contributed by atoms with Crippen molar-refractivity contribution in [3.05, 3.63) is 28.5 Å². The number of amides is 1. The highest BCUT2D eigenvalue weighted by atomic mass is 79.9. The second-order valence-corrected chi connectivity index (χ2v) is 8.65. The fraction of sp³-hybridized carbons (Fsp3) is 0.579. The van der Waals surface area contributed by atoms with Crippen LogP contribution in [0, 0.1) is 0 Å². The van der Waals surface area contributed by atoms with E-state index >= 15 is 0 Å². The highest BCUT2D eigenvalue weighted by Gasteiger charge is 2.35. The highest BCUT2D eigenvalue weighted by Crippen LogP contribution is 2.32. The van der Waals surface area contributed by atoms with E-state index in [2.05, 4.69) is 27.8 Å². The second-order valence-electron chi connectivity index (χ2n) is 7.74. The third-order valence-corrected chi connectivity index (χ3v) is 5.05. The van der Waals surface area contributed by atoms with E-state index in [1.54, 1.807) is 6.20 Å². The first-order chi connectivity index (χ1) is 12.2. The van der Waals surface area contributed by atoms with Crippen LogP contribution in [0.4, 0.5) is 9.18 Å². The Morgan fingerprint density at radius 2 is 2.19 bits per heavy atom. The Morgan fingerprint density at radius 1 is 1.46 bits per heavy atom. The highest BCUT2D eigenvalue weighted by molar-refractivity contribution is 9.10. The lowest BCUT2D eigenvalue weighted by atomic mass is 10.0. The van der Waals surface area contributed by atoms with Crippen molar-refractivity contribution in [1.82, 2.24) is 14.5 Å². The number of ether oxygens (including phenoxy) is 1. The zero-order valence-electron chi connectivity index (χ0n) is 15.6. The molecule has 1 fully saturated rings. The molecule has 1 aliphatic heterocycles. The number of hydrogen-bond acceptors (Lipinski definition) is 3. The maximum atomic E-state index is 15.0. The number of hydrogen-bond donors (Lipinski definition) is 0. The summed E-state index contributed by atoms with van der Waals surface area (Å²) in [5.41, 5.74) is 1.36. The van der Waals surface area contributed by atoms with E-state index in [9.17, 15) is 9.18 Å². The Labute approximate surface area is 161 Å². The number of alkyl halides is 1. The first-order valence-electron chi connectivity index (χ1n) is 8.96. The van der Waals surface area contributed by atoms with Gasteiger partial charge >= 0.3 is 6.09 Å². The van der Waals surface area contributed by atoms with Gasteiger partial charge in [-0.1, -0.05) is 6.92 Å². The molecule has 0 bridgehead atoms. The predicted molar refractivity (Wildman–Crippen MR) is 103 cm³/mol. The fourth-order valence-electron chi connectivity index (χ4n) is 3.41. The SMILES string of the molecule is CCc1cn([C@H]2CCN(C(=O)OC(C)(C)C)C[C@@H]2F)c2ncc(Br)cc12. The van der Waals surface area contributed by atoms with E-state index in [4.69, 9.17) is 4.74 Å². The van der Waals surface area contributed by atoms with Crippen molar-refractivity contribution < 1.29 is 13.9 Å². The summed E-state index contributed by atoms with van der Waals surface area (Å²) in [5, 5.41) is 1.05. The average molecular weight is 426 g/mol. The van der Waals surface area contributed by atoms with Crippen LogP contribution < -0.4 is 0 Å². The van der Waals surface area contributed by atoms with Gasteiger partial charge in [0.25, 0.3) is 0 Å². The molecule has 2 atom stereocenters. The van der Waals surface area contributed by atoms with Crippen LogP contribution >= 0.6 is 15.9 Å². The van der Waals surface area contributed by atoms with Gasteiger partial charge in [0.05, 0.1) is 12.6 Å². The van der Waals surface area contributed by atoms with E-state index in [-0.39, 0.29) is 12.6 Å². The van der Waals surface area contributed by atoms with E-state index in [0.29, 0.717) is 13.0 Å². The van der Waals surface area contributed by atoms with Crippen LogP contribution in [-0.4, -0.2) is 45.4 Å². The molecular formula is C19H25BrFN3O2. The molecule has 0 unspecified atom stereocenters. The summed E-state index contributed by atoms with van der Waals surface area (Å²) in [4.78, 5) is 18.2. The van der Waals surface area contributed by atoms with Crippen LogP contribution in [0.2, 0.25) is 0 Å². The zero-order chi connectivity index (χ0) is 19.1. The van der Waals surface area contributed by atoms with Gasteiger partial charge < -0.3 is 14.2 Å². The summed E-state index contributed by atoms with van der Waals surface area (Å²) in [7, 11) is 0. The van der Waals surface area contributed by atoms with Crippen LogP contribution in [0.3, 0.4) is 0 Å². The van der Waals surface area contributed by atoms with Crippen molar-refractivity contribution in [2.45, 2.75) is 58.4 Å². The molecule has 0 saturated carbocycles. The molecule has 1 saturated heterocycles. The lowest BCUT2D eigenvalue weighted by Gasteiger charge is -2.36. The van der Waals surface area contributed by atoms with Gasteiger partial charge in [0.1, 0.15) is 17.4 Å². The number of piperidine rings is 1. The van der Waals surface area contributed by atoms with E-state index in [0.717, 1.165) is 27.5 Å². The largest absolute Gasteiger partial charge is 0.444 e. The molecule has 0 aliphatic carbocycles. The number of aryl methyl sites for hydroxylation is 1. The number of carbonyl (C=O) groups excluding carboxylic acids is 1. The van der Waals surface area contributed by atoms with Gasteiger partial charge in [-0.25, -0.2) is 14.2 Å². The third kappa shape index (κ3) is 3.87. The molecule has 26 heavy (non-hydrogen) atoms. The molecule has 0 radical (unpaired) electrons. The summed E-state index contributed by atoms with van der Waals surface area (Å²) in [6.07, 6.45) is 3.51. The van der Waals surface area contributed by atoms with E-state index in [1.807, 2.05) is 37.6 Å². The van der Waals surface area contributed by atoms with Gasteiger partial charge in [-0.15, -0.1) is 0 Å². The van der Waals surface area contributed by atoms with Crippen molar-refractivity contribution >= 4 is 33.1 Å². The Balaban J connectivity index is 1.82. The number of fused-ring (bicyclic) bond motifs is 1. The topological polar surface area (TPSA) is 47.4 Å². The molecule has 0 N–H and O–H groups in total. The minimum atomic E-state index is -1.16. The van der Waals surface area contributed by atoms with Crippen LogP contribution in [0.5, 0.6) is 0 Å². The number of halogens is 2. The van der Waals surface area contributed by atoms with Gasteiger partial charge in [-0.05, 0) is 61.2 Å². The van der Waals surface area contributed by atoms with Gasteiger partial charge in [0, 0.05) is 28.8 Å². The molecule has 1 aliphatic rings. The molecular weight excluding hydrogens is 401 g/mol. The molecule has 1 amide bonds. The monoisotopic (exact) mass is 425 g/mol. The summed E-state index contributed by atoms with van der Waals surface area (Å²) < 4.78 is 23.2. The lowest BCUT2D eigenvalue weighted by molar-refractivity contribution is 0.00704. The number of pyridine rings is 1. The summed E-state index contributed by atoms with van der Waals surface area (Å²) >= 11 is 3.46. The molecule has 3 rings (SSSR count). The normalized spacial score (nSPS) is 21.2. The Morgan fingerprint density at radius 3 is 2.81 bits per heavy atom. The van der Waals surface area contributed by atoms with E-state index < -0.39 is 17.9 Å². The Kier molecular flexibility index (Phi) is 5.28. The molecule has 0 spiro atoms.